The Morgan fingerprint density at radius 1 is 1.04 bits per heavy atom. The molecular weight excluding hydrogens is 302 g/mol. The molecular formula is C18H29N5O. The van der Waals surface area contributed by atoms with Gasteiger partial charge >= 0.3 is 0 Å². The van der Waals surface area contributed by atoms with E-state index in [1.54, 1.807) is 6.20 Å². The van der Waals surface area contributed by atoms with E-state index < -0.39 is 0 Å². The second-order valence-corrected chi connectivity index (χ2v) is 7.73. The van der Waals surface area contributed by atoms with Crippen molar-refractivity contribution in [2.45, 2.75) is 31.7 Å². The average molecular weight is 331 g/mol. The number of likely N-dealkylation sites (N-methyl/N-ethyl adjacent to an activating group) is 1. The van der Waals surface area contributed by atoms with Gasteiger partial charge in [-0.05, 0) is 38.6 Å². The third kappa shape index (κ3) is 3.49. The molecule has 0 bridgehead atoms. The van der Waals surface area contributed by atoms with Gasteiger partial charge in [-0.1, -0.05) is 0 Å². The molecule has 4 rings (SSSR count). The number of rotatable bonds is 4. The van der Waals surface area contributed by atoms with Crippen LogP contribution >= 0.6 is 0 Å². The van der Waals surface area contributed by atoms with Gasteiger partial charge in [0.25, 0.3) is 5.56 Å². The largest absolute Gasteiger partial charge is 0.352 e. The van der Waals surface area contributed by atoms with Gasteiger partial charge in [-0.25, -0.2) is 4.98 Å². The van der Waals surface area contributed by atoms with Crippen LogP contribution in [0.4, 0.5) is 5.82 Å². The fourth-order valence-corrected chi connectivity index (χ4v) is 3.99. The number of hydrogen-bond acceptors (Lipinski definition) is 5. The fraction of sp³-hybridized carbons (Fsp3) is 0.778. The van der Waals surface area contributed by atoms with E-state index in [2.05, 4.69) is 26.7 Å². The van der Waals surface area contributed by atoms with Crippen molar-refractivity contribution in [2.24, 2.45) is 5.92 Å². The van der Waals surface area contributed by atoms with E-state index in [-0.39, 0.29) is 5.56 Å². The summed E-state index contributed by atoms with van der Waals surface area (Å²) in [5.74, 6) is 1.43. The average Bonchev–Trinajstić information content (AvgIpc) is 3.43. The van der Waals surface area contributed by atoms with Crippen LogP contribution in [0.25, 0.3) is 0 Å². The summed E-state index contributed by atoms with van der Waals surface area (Å²) >= 11 is 0. The van der Waals surface area contributed by atoms with E-state index in [9.17, 15) is 4.79 Å². The highest BCUT2D eigenvalue weighted by molar-refractivity contribution is 5.36. The lowest BCUT2D eigenvalue weighted by molar-refractivity contribution is 0.129. The molecule has 0 amide bonds. The molecule has 132 valence electrons. The van der Waals surface area contributed by atoms with Crippen LogP contribution < -0.4 is 10.5 Å². The minimum atomic E-state index is 0.109. The summed E-state index contributed by atoms with van der Waals surface area (Å²) in [5, 5.41) is 0. The van der Waals surface area contributed by atoms with Gasteiger partial charge < -0.3 is 19.3 Å². The number of anilines is 1. The number of aromatic nitrogens is 2. The Bertz CT molecular complexity index is 610. The quantitative estimate of drug-likeness (QED) is 0.825. The summed E-state index contributed by atoms with van der Waals surface area (Å²) in [6.07, 6.45) is 8.26. The molecule has 1 aromatic heterocycles. The standard InChI is InChI=1S/C18H29N5O/c1-20-10-12-21(13-11-20)14-15-4-7-22(8-5-15)17-18(24)23(9-6-19-17)16-2-3-16/h6,9,15-16H,2-5,7-8,10-14H2,1H3. The molecule has 6 nitrogen and oxygen atoms in total. The summed E-state index contributed by atoms with van der Waals surface area (Å²) in [6, 6.07) is 0.425. The van der Waals surface area contributed by atoms with Gasteiger partial charge in [0.15, 0.2) is 5.82 Å². The van der Waals surface area contributed by atoms with Gasteiger partial charge in [-0.15, -0.1) is 0 Å². The first-order valence-corrected chi connectivity index (χ1v) is 9.43. The van der Waals surface area contributed by atoms with Crippen molar-refractivity contribution >= 4 is 5.82 Å². The molecule has 3 fully saturated rings. The van der Waals surface area contributed by atoms with E-state index in [0.717, 1.165) is 31.8 Å². The Labute approximate surface area is 144 Å². The van der Waals surface area contributed by atoms with E-state index in [1.165, 1.54) is 45.6 Å². The van der Waals surface area contributed by atoms with E-state index >= 15 is 0 Å². The van der Waals surface area contributed by atoms with Crippen molar-refractivity contribution in [2.75, 3.05) is 57.8 Å². The maximum absolute atomic E-state index is 12.6. The minimum absolute atomic E-state index is 0.109. The summed E-state index contributed by atoms with van der Waals surface area (Å²) in [5.41, 5.74) is 0.109. The molecule has 0 N–H and O–H groups in total. The molecule has 3 heterocycles. The van der Waals surface area contributed by atoms with Crippen LogP contribution in [0.15, 0.2) is 17.2 Å². The second kappa shape index (κ2) is 6.84. The van der Waals surface area contributed by atoms with Gasteiger partial charge in [-0.2, -0.15) is 0 Å². The molecule has 0 atom stereocenters. The third-order valence-electron chi connectivity index (χ3n) is 5.82. The molecule has 1 saturated carbocycles. The zero-order chi connectivity index (χ0) is 16.5. The molecule has 1 aliphatic carbocycles. The minimum Gasteiger partial charge on any atom is -0.352 e. The van der Waals surface area contributed by atoms with Gasteiger partial charge in [0.2, 0.25) is 0 Å². The molecule has 2 saturated heterocycles. The molecule has 24 heavy (non-hydrogen) atoms. The van der Waals surface area contributed by atoms with Crippen LogP contribution in [-0.2, 0) is 0 Å². The van der Waals surface area contributed by atoms with Gasteiger partial charge in [0, 0.05) is 64.2 Å². The van der Waals surface area contributed by atoms with Crippen LogP contribution in [0.5, 0.6) is 0 Å². The van der Waals surface area contributed by atoms with Crippen molar-refractivity contribution in [1.82, 2.24) is 19.4 Å². The maximum atomic E-state index is 12.6. The van der Waals surface area contributed by atoms with Crippen LogP contribution in [0.3, 0.4) is 0 Å². The molecule has 2 aliphatic heterocycles. The predicted molar refractivity (Wildman–Crippen MR) is 95.6 cm³/mol. The lowest BCUT2D eigenvalue weighted by Gasteiger charge is -2.38. The van der Waals surface area contributed by atoms with Crippen LogP contribution in [-0.4, -0.2) is 72.2 Å². The normalized spacial score (nSPS) is 24.5. The second-order valence-electron chi connectivity index (χ2n) is 7.73. The Hall–Kier alpha value is -1.40. The molecule has 0 unspecified atom stereocenters. The van der Waals surface area contributed by atoms with Crippen LogP contribution in [0.2, 0.25) is 0 Å². The van der Waals surface area contributed by atoms with Crippen LogP contribution in [0.1, 0.15) is 31.7 Å². The zero-order valence-electron chi connectivity index (χ0n) is 14.7. The summed E-state index contributed by atoms with van der Waals surface area (Å²) in [4.78, 5) is 24.3. The maximum Gasteiger partial charge on any atom is 0.293 e. The summed E-state index contributed by atoms with van der Waals surface area (Å²) in [7, 11) is 2.21. The Morgan fingerprint density at radius 2 is 1.75 bits per heavy atom. The van der Waals surface area contributed by atoms with E-state index in [0.29, 0.717) is 11.9 Å². The Morgan fingerprint density at radius 3 is 2.42 bits per heavy atom. The van der Waals surface area contributed by atoms with Crippen LogP contribution in [0, 0.1) is 5.92 Å². The number of piperidine rings is 1. The number of nitrogens with zero attached hydrogens (tertiary/aromatic N) is 5. The zero-order valence-corrected chi connectivity index (χ0v) is 14.7. The monoisotopic (exact) mass is 331 g/mol. The third-order valence-corrected chi connectivity index (χ3v) is 5.82. The summed E-state index contributed by atoms with van der Waals surface area (Å²) in [6.45, 7) is 7.92. The first kappa shape index (κ1) is 16.1. The van der Waals surface area contributed by atoms with Gasteiger partial charge in [0.05, 0.1) is 0 Å². The van der Waals surface area contributed by atoms with Crippen molar-refractivity contribution in [3.63, 3.8) is 0 Å². The molecule has 0 radical (unpaired) electrons. The topological polar surface area (TPSA) is 44.6 Å². The lowest BCUT2D eigenvalue weighted by atomic mass is 9.96. The molecule has 6 heteroatoms. The first-order chi connectivity index (χ1) is 11.7. The van der Waals surface area contributed by atoms with E-state index in [4.69, 9.17) is 0 Å². The molecule has 1 aromatic rings. The highest BCUT2D eigenvalue weighted by Crippen LogP contribution is 2.33. The first-order valence-electron chi connectivity index (χ1n) is 9.43. The molecule has 0 aromatic carbocycles. The van der Waals surface area contributed by atoms with Gasteiger partial charge in [-0.3, -0.25) is 4.79 Å². The molecule has 3 aliphatic rings. The van der Waals surface area contributed by atoms with Crippen molar-refractivity contribution in [3.8, 4) is 0 Å². The van der Waals surface area contributed by atoms with Gasteiger partial charge in [0.1, 0.15) is 0 Å². The van der Waals surface area contributed by atoms with Crippen molar-refractivity contribution in [1.29, 1.82) is 0 Å². The highest BCUT2D eigenvalue weighted by atomic mass is 16.1. The van der Waals surface area contributed by atoms with Crippen molar-refractivity contribution < 1.29 is 0 Å². The Kier molecular flexibility index (Phi) is 4.59. The van der Waals surface area contributed by atoms with Crippen molar-refractivity contribution in [3.05, 3.63) is 22.7 Å². The summed E-state index contributed by atoms with van der Waals surface area (Å²) < 4.78 is 1.89. The highest BCUT2D eigenvalue weighted by Gasteiger charge is 2.28. The smallest absolute Gasteiger partial charge is 0.293 e. The Balaban J connectivity index is 1.33. The number of piperazine rings is 1. The molecule has 0 spiro atoms. The number of hydrogen-bond donors (Lipinski definition) is 0. The lowest BCUT2D eigenvalue weighted by Crippen LogP contribution is -2.48. The predicted octanol–water partition coefficient (Wildman–Crippen LogP) is 1.04. The van der Waals surface area contributed by atoms with E-state index in [1.807, 2.05) is 10.8 Å². The fourth-order valence-electron chi connectivity index (χ4n) is 3.99. The SMILES string of the molecule is CN1CCN(CC2CCN(c3nccn(C4CC4)c3=O)CC2)CC1.